The number of guanidine groups is 1. The molecule has 0 radical (unpaired) electrons. The average Bonchev–Trinajstić information content (AvgIpc) is 3.37. The molecule has 0 fully saturated rings. The zero-order valence-electron chi connectivity index (χ0n) is 15.4. The Labute approximate surface area is 167 Å². The van der Waals surface area contributed by atoms with E-state index in [1.54, 1.807) is 7.05 Å². The minimum atomic E-state index is 0.277. The van der Waals surface area contributed by atoms with Gasteiger partial charge in [0.05, 0.1) is 11.9 Å². The number of nitrogens with one attached hydrogen (secondary N) is 2. The number of aliphatic imine (C=N–C) groups is 1. The largest absolute Gasteiger partial charge is 0.454 e. The maximum absolute atomic E-state index is 5.93. The molecule has 2 heterocycles. The van der Waals surface area contributed by atoms with Crippen molar-refractivity contribution in [3.8, 4) is 17.2 Å². The molecule has 1 aliphatic rings. The second-order valence-electron chi connectivity index (χ2n) is 6.24. The van der Waals surface area contributed by atoms with Gasteiger partial charge in [-0.2, -0.15) is 5.10 Å². The van der Waals surface area contributed by atoms with Crippen molar-refractivity contribution in [2.75, 3.05) is 13.8 Å². The van der Waals surface area contributed by atoms with Crippen LogP contribution < -0.4 is 20.1 Å². The second-order valence-corrected chi connectivity index (χ2v) is 6.67. The van der Waals surface area contributed by atoms with E-state index in [0.717, 1.165) is 28.3 Å². The third kappa shape index (κ3) is 4.20. The van der Waals surface area contributed by atoms with E-state index in [1.807, 2.05) is 59.5 Å². The van der Waals surface area contributed by atoms with Gasteiger partial charge in [-0.25, -0.2) is 4.68 Å². The number of benzene rings is 2. The summed E-state index contributed by atoms with van der Waals surface area (Å²) >= 11 is 5.93. The van der Waals surface area contributed by atoms with Gasteiger partial charge in [-0.15, -0.1) is 0 Å². The number of rotatable bonds is 5. The minimum absolute atomic E-state index is 0.277. The smallest absolute Gasteiger partial charge is 0.231 e. The molecule has 0 unspecified atom stereocenters. The van der Waals surface area contributed by atoms with Gasteiger partial charge in [-0.3, -0.25) is 4.99 Å². The van der Waals surface area contributed by atoms with E-state index in [2.05, 4.69) is 20.7 Å². The molecule has 0 saturated heterocycles. The highest BCUT2D eigenvalue weighted by Crippen LogP contribution is 2.32. The fraction of sp³-hybridized carbons (Fsp3) is 0.200. The van der Waals surface area contributed by atoms with Crippen LogP contribution in [0.25, 0.3) is 5.69 Å². The van der Waals surface area contributed by atoms with Crippen molar-refractivity contribution >= 4 is 17.6 Å². The summed E-state index contributed by atoms with van der Waals surface area (Å²) in [5.41, 5.74) is 3.09. The van der Waals surface area contributed by atoms with Gasteiger partial charge in [0.1, 0.15) is 0 Å². The number of fused-ring (bicyclic) bond motifs is 1. The maximum atomic E-state index is 5.93. The van der Waals surface area contributed by atoms with Crippen LogP contribution in [-0.2, 0) is 13.1 Å². The Bertz CT molecular complexity index is 985. The molecule has 3 aromatic rings. The van der Waals surface area contributed by atoms with E-state index in [9.17, 15) is 0 Å². The highest BCUT2D eigenvalue weighted by atomic mass is 35.5. The van der Waals surface area contributed by atoms with E-state index in [-0.39, 0.29) is 6.79 Å². The lowest BCUT2D eigenvalue weighted by atomic mass is 10.2. The standard InChI is InChI=1S/C20H20ClN5O2/c1-22-20(23-9-14-2-7-18-19(8-14)28-13-27-18)24-10-15-11-25-26(12-15)17-5-3-16(21)4-6-17/h2-8,11-12H,9-10,13H2,1H3,(H2,22,23,24). The molecule has 1 aromatic heterocycles. The number of ether oxygens (including phenoxy) is 2. The summed E-state index contributed by atoms with van der Waals surface area (Å²) in [4.78, 5) is 4.26. The van der Waals surface area contributed by atoms with E-state index >= 15 is 0 Å². The monoisotopic (exact) mass is 397 g/mol. The summed E-state index contributed by atoms with van der Waals surface area (Å²) in [7, 11) is 1.74. The van der Waals surface area contributed by atoms with E-state index in [0.29, 0.717) is 24.1 Å². The van der Waals surface area contributed by atoms with Crippen LogP contribution in [0.15, 0.2) is 59.9 Å². The molecule has 4 rings (SSSR count). The summed E-state index contributed by atoms with van der Waals surface area (Å²) in [6.45, 7) is 1.51. The summed E-state index contributed by atoms with van der Waals surface area (Å²) in [5.74, 6) is 2.26. The third-order valence-corrected chi connectivity index (χ3v) is 4.56. The topological polar surface area (TPSA) is 72.7 Å². The molecule has 2 N–H and O–H groups in total. The van der Waals surface area contributed by atoms with Gasteiger partial charge in [0.15, 0.2) is 17.5 Å². The lowest BCUT2D eigenvalue weighted by molar-refractivity contribution is 0.174. The zero-order valence-corrected chi connectivity index (χ0v) is 16.1. The molecular weight excluding hydrogens is 378 g/mol. The Balaban J connectivity index is 1.31. The molecule has 0 atom stereocenters. The molecule has 0 spiro atoms. The van der Waals surface area contributed by atoms with Crippen molar-refractivity contribution in [1.82, 2.24) is 20.4 Å². The van der Waals surface area contributed by atoms with Crippen molar-refractivity contribution < 1.29 is 9.47 Å². The highest BCUT2D eigenvalue weighted by molar-refractivity contribution is 6.30. The van der Waals surface area contributed by atoms with Gasteiger partial charge in [0.25, 0.3) is 0 Å². The Morgan fingerprint density at radius 2 is 1.82 bits per heavy atom. The highest BCUT2D eigenvalue weighted by Gasteiger charge is 2.13. The van der Waals surface area contributed by atoms with Crippen LogP contribution in [0.1, 0.15) is 11.1 Å². The molecular formula is C20H20ClN5O2. The van der Waals surface area contributed by atoms with Crippen LogP contribution in [0.5, 0.6) is 11.5 Å². The molecule has 1 aliphatic heterocycles. The van der Waals surface area contributed by atoms with Crippen molar-refractivity contribution in [2.24, 2.45) is 4.99 Å². The van der Waals surface area contributed by atoms with Crippen LogP contribution in [-0.4, -0.2) is 29.6 Å². The second kappa shape index (κ2) is 8.22. The lowest BCUT2D eigenvalue weighted by Crippen LogP contribution is -2.36. The molecule has 2 aromatic carbocycles. The molecule has 0 aliphatic carbocycles. The zero-order chi connectivity index (χ0) is 19.3. The molecule has 0 bridgehead atoms. The van der Waals surface area contributed by atoms with Gasteiger partial charge < -0.3 is 20.1 Å². The molecule has 0 amide bonds. The fourth-order valence-corrected chi connectivity index (χ4v) is 2.96. The quantitative estimate of drug-likeness (QED) is 0.511. The first-order valence-corrected chi connectivity index (χ1v) is 9.21. The predicted molar refractivity (Wildman–Crippen MR) is 108 cm³/mol. The Morgan fingerprint density at radius 1 is 1.07 bits per heavy atom. The Kier molecular flexibility index (Phi) is 5.34. The summed E-state index contributed by atoms with van der Waals surface area (Å²) < 4.78 is 12.6. The molecule has 144 valence electrons. The summed E-state index contributed by atoms with van der Waals surface area (Å²) in [6, 6.07) is 13.4. The van der Waals surface area contributed by atoms with Crippen LogP contribution in [0, 0.1) is 0 Å². The number of hydrogen-bond donors (Lipinski definition) is 2. The van der Waals surface area contributed by atoms with Gasteiger partial charge in [-0.05, 0) is 42.0 Å². The number of nitrogens with zero attached hydrogens (tertiary/aromatic N) is 3. The molecule has 7 nitrogen and oxygen atoms in total. The summed E-state index contributed by atoms with van der Waals surface area (Å²) in [5, 5.41) is 11.7. The van der Waals surface area contributed by atoms with Crippen LogP contribution >= 0.6 is 11.6 Å². The molecule has 0 saturated carbocycles. The van der Waals surface area contributed by atoms with Crippen molar-refractivity contribution in [2.45, 2.75) is 13.1 Å². The SMILES string of the molecule is CN=C(NCc1ccc2c(c1)OCO2)NCc1cnn(-c2ccc(Cl)cc2)c1. The van der Waals surface area contributed by atoms with E-state index in [4.69, 9.17) is 21.1 Å². The number of halogens is 1. The Hall–Kier alpha value is -3.19. The van der Waals surface area contributed by atoms with E-state index < -0.39 is 0 Å². The lowest BCUT2D eigenvalue weighted by Gasteiger charge is -2.11. The first-order chi connectivity index (χ1) is 13.7. The van der Waals surface area contributed by atoms with Crippen LogP contribution in [0.2, 0.25) is 5.02 Å². The summed E-state index contributed by atoms with van der Waals surface area (Å²) in [6.07, 6.45) is 3.80. The number of hydrogen-bond acceptors (Lipinski definition) is 4. The van der Waals surface area contributed by atoms with Crippen molar-refractivity contribution in [3.05, 3.63) is 71.0 Å². The van der Waals surface area contributed by atoms with Gasteiger partial charge in [-0.1, -0.05) is 17.7 Å². The average molecular weight is 398 g/mol. The first kappa shape index (κ1) is 18.2. The predicted octanol–water partition coefficient (Wildman–Crippen LogP) is 3.12. The van der Waals surface area contributed by atoms with E-state index in [1.165, 1.54) is 0 Å². The van der Waals surface area contributed by atoms with Crippen molar-refractivity contribution in [1.29, 1.82) is 0 Å². The molecule has 8 heteroatoms. The maximum Gasteiger partial charge on any atom is 0.231 e. The number of aromatic nitrogens is 2. The minimum Gasteiger partial charge on any atom is -0.454 e. The van der Waals surface area contributed by atoms with Crippen LogP contribution in [0.4, 0.5) is 0 Å². The van der Waals surface area contributed by atoms with Crippen LogP contribution in [0.3, 0.4) is 0 Å². The van der Waals surface area contributed by atoms with Gasteiger partial charge in [0, 0.05) is 36.9 Å². The van der Waals surface area contributed by atoms with Crippen molar-refractivity contribution in [3.63, 3.8) is 0 Å². The third-order valence-electron chi connectivity index (χ3n) is 4.31. The fourth-order valence-electron chi connectivity index (χ4n) is 2.83. The van der Waals surface area contributed by atoms with Gasteiger partial charge >= 0.3 is 0 Å². The first-order valence-electron chi connectivity index (χ1n) is 8.84. The Morgan fingerprint density at radius 3 is 2.61 bits per heavy atom. The van der Waals surface area contributed by atoms with Gasteiger partial charge in [0.2, 0.25) is 6.79 Å². The molecule has 28 heavy (non-hydrogen) atoms. The normalized spacial score (nSPS) is 12.9.